The van der Waals surface area contributed by atoms with Crippen LogP contribution in [0, 0.1) is 11.3 Å². The van der Waals surface area contributed by atoms with Crippen LogP contribution in [-0.2, 0) is 15.5 Å². The summed E-state index contributed by atoms with van der Waals surface area (Å²) in [5, 5.41) is 2.68. The van der Waals surface area contributed by atoms with Gasteiger partial charge in [0, 0.05) is 27.7 Å². The van der Waals surface area contributed by atoms with Gasteiger partial charge in [0.1, 0.15) is 11.9 Å². The fourth-order valence-electron chi connectivity index (χ4n) is 5.96. The smallest absolute Gasteiger partial charge is 0.407 e. The highest BCUT2D eigenvalue weighted by Crippen LogP contribution is 2.58. The van der Waals surface area contributed by atoms with Gasteiger partial charge >= 0.3 is 6.09 Å². The van der Waals surface area contributed by atoms with Crippen LogP contribution in [0.15, 0.2) is 47.1 Å². The van der Waals surface area contributed by atoms with Gasteiger partial charge in [-0.25, -0.2) is 9.78 Å². The van der Waals surface area contributed by atoms with Crippen molar-refractivity contribution in [3.8, 4) is 22.4 Å². The van der Waals surface area contributed by atoms with Gasteiger partial charge in [-0.15, -0.1) is 0 Å². The molecule has 2 N–H and O–H groups in total. The van der Waals surface area contributed by atoms with Gasteiger partial charge < -0.3 is 19.9 Å². The number of halogens is 3. The number of nitrogens with one attached hydrogen (secondary N) is 2. The number of benzene rings is 2. The Bertz CT molecular complexity index is 1480. The molecule has 1 spiro atoms. The highest BCUT2D eigenvalue weighted by atomic mass is 79.9. The van der Waals surface area contributed by atoms with Crippen LogP contribution in [0.5, 0.6) is 0 Å². The van der Waals surface area contributed by atoms with E-state index in [-0.39, 0.29) is 34.4 Å². The molecule has 1 aromatic heterocycles. The van der Waals surface area contributed by atoms with E-state index in [1.807, 2.05) is 24.8 Å². The summed E-state index contributed by atoms with van der Waals surface area (Å²) < 4.78 is 36.2. The van der Waals surface area contributed by atoms with Crippen LogP contribution in [0.2, 0.25) is 0 Å². The second kappa shape index (κ2) is 9.15. The summed E-state index contributed by atoms with van der Waals surface area (Å²) in [6, 6.07) is 9.00. The Balaban J connectivity index is 1.30. The number of hydrogen-bond donors (Lipinski definition) is 2. The second-order valence-electron chi connectivity index (χ2n) is 11.3. The number of carbonyl (C=O) groups is 2. The largest absolute Gasteiger partial charge is 0.453 e. The molecule has 6 rings (SSSR count). The van der Waals surface area contributed by atoms with Crippen molar-refractivity contribution in [1.29, 1.82) is 0 Å². The maximum absolute atomic E-state index is 15.4. The first-order valence-corrected chi connectivity index (χ1v) is 13.9. The molecule has 3 aromatic rings. The number of aromatic nitrogens is 2. The van der Waals surface area contributed by atoms with Gasteiger partial charge in [-0.05, 0) is 59.9 Å². The number of H-pyrrole nitrogens is 1. The highest BCUT2D eigenvalue weighted by molar-refractivity contribution is 9.10. The van der Waals surface area contributed by atoms with E-state index in [9.17, 15) is 9.59 Å². The molecule has 2 atom stereocenters. The fraction of sp³-hybridized carbons (Fsp3) is 0.414. The first kappa shape index (κ1) is 26.0. The van der Waals surface area contributed by atoms with E-state index >= 15 is 8.78 Å². The Kier molecular flexibility index (Phi) is 6.09. The molecule has 39 heavy (non-hydrogen) atoms. The number of fused-ring (bicyclic) bond motifs is 3. The van der Waals surface area contributed by atoms with Gasteiger partial charge in [0.2, 0.25) is 5.91 Å². The summed E-state index contributed by atoms with van der Waals surface area (Å²) in [5.74, 6) is -2.82. The zero-order chi connectivity index (χ0) is 27.7. The fourth-order valence-corrected chi connectivity index (χ4v) is 6.33. The van der Waals surface area contributed by atoms with Crippen molar-refractivity contribution in [3.05, 3.63) is 64.0 Å². The third-order valence-corrected chi connectivity index (χ3v) is 8.82. The highest BCUT2D eigenvalue weighted by Gasteiger charge is 2.55. The van der Waals surface area contributed by atoms with Crippen LogP contribution in [0.1, 0.15) is 56.1 Å². The topological polar surface area (TPSA) is 87.3 Å². The van der Waals surface area contributed by atoms with Crippen LogP contribution in [0.3, 0.4) is 0 Å². The minimum absolute atomic E-state index is 0.00978. The van der Waals surface area contributed by atoms with Gasteiger partial charge in [-0.2, -0.15) is 8.78 Å². The Morgan fingerprint density at radius 3 is 2.51 bits per heavy atom. The molecule has 3 aliphatic rings. The summed E-state index contributed by atoms with van der Waals surface area (Å²) >= 11 is 3.31. The molecule has 2 heterocycles. The van der Waals surface area contributed by atoms with Crippen molar-refractivity contribution in [2.75, 3.05) is 13.7 Å². The number of imidazole rings is 1. The molecule has 10 heteroatoms. The molecule has 2 aliphatic carbocycles. The second-order valence-corrected chi connectivity index (χ2v) is 12.2. The van der Waals surface area contributed by atoms with Crippen LogP contribution >= 0.6 is 15.9 Å². The number of carbonyl (C=O) groups excluding carboxylic acids is 2. The predicted molar refractivity (Wildman–Crippen MR) is 145 cm³/mol. The Labute approximate surface area is 233 Å². The molecule has 2 unspecified atom stereocenters. The minimum Gasteiger partial charge on any atom is -0.453 e. The van der Waals surface area contributed by atoms with Crippen molar-refractivity contribution < 1.29 is 23.1 Å². The summed E-state index contributed by atoms with van der Waals surface area (Å²) in [6.45, 7) is 4.35. The number of ether oxygens (including phenoxy) is 1. The molecule has 0 radical (unpaired) electrons. The molecule has 2 amide bonds. The number of amides is 2. The minimum atomic E-state index is -3.11. The standard InChI is InChI=1S/C29H29BrF2N4O3/c1-15(2)24(35-27(38)39-3)26(37)36-14-28(8-9-28)12-23(36)25-33-13-22(34-25)16-4-6-18-19-7-5-17(30)11-21(19)29(31,32)20(18)10-16/h4-7,10-11,13,15,23-24H,8-9,12,14H2,1-3H3,(H,33,34)(H,35,38). The molecular weight excluding hydrogens is 570 g/mol. The average Bonchev–Trinajstić information content (AvgIpc) is 3.23. The van der Waals surface area contributed by atoms with Crippen LogP contribution < -0.4 is 5.32 Å². The van der Waals surface area contributed by atoms with Gasteiger partial charge in [0.25, 0.3) is 5.92 Å². The van der Waals surface area contributed by atoms with E-state index in [0.717, 1.165) is 19.3 Å². The van der Waals surface area contributed by atoms with Gasteiger partial charge in [0.05, 0.1) is 25.0 Å². The number of hydrogen-bond acceptors (Lipinski definition) is 4. The number of alkyl carbamates (subject to hydrolysis) is 1. The van der Waals surface area contributed by atoms with Crippen LogP contribution in [0.25, 0.3) is 22.4 Å². The zero-order valence-electron chi connectivity index (χ0n) is 21.9. The Morgan fingerprint density at radius 1 is 1.15 bits per heavy atom. The number of likely N-dealkylation sites (tertiary alicyclic amines) is 1. The summed E-state index contributed by atoms with van der Waals surface area (Å²) in [6.07, 6.45) is 3.83. The zero-order valence-corrected chi connectivity index (χ0v) is 23.4. The predicted octanol–water partition coefficient (Wildman–Crippen LogP) is 6.39. The maximum atomic E-state index is 15.4. The van der Waals surface area contributed by atoms with Crippen molar-refractivity contribution >= 4 is 27.9 Å². The summed E-state index contributed by atoms with van der Waals surface area (Å²) in [4.78, 5) is 35.3. The molecule has 204 valence electrons. The maximum Gasteiger partial charge on any atom is 0.407 e. The first-order valence-electron chi connectivity index (χ1n) is 13.1. The quantitative estimate of drug-likeness (QED) is 0.356. The Morgan fingerprint density at radius 2 is 1.85 bits per heavy atom. The molecule has 1 saturated carbocycles. The van der Waals surface area contributed by atoms with E-state index in [1.165, 1.54) is 19.2 Å². The van der Waals surface area contributed by atoms with Gasteiger partial charge in [-0.3, -0.25) is 4.79 Å². The number of aromatic amines is 1. The lowest BCUT2D eigenvalue weighted by atomic mass is 10.0. The van der Waals surface area contributed by atoms with Gasteiger partial charge in [-0.1, -0.05) is 48.0 Å². The van der Waals surface area contributed by atoms with E-state index in [4.69, 9.17) is 4.74 Å². The Hall–Kier alpha value is -3.27. The van der Waals surface area contributed by atoms with Crippen molar-refractivity contribution in [3.63, 3.8) is 0 Å². The molecule has 2 fully saturated rings. The SMILES string of the molecule is COC(=O)NC(C(=O)N1CC2(CC2)CC1c1ncc(-c2ccc3c(c2)C(F)(F)c2cc(Br)ccc2-3)[nH]1)C(C)C. The van der Waals surface area contributed by atoms with E-state index in [1.54, 1.807) is 24.4 Å². The molecule has 2 aromatic carbocycles. The van der Waals surface area contributed by atoms with E-state index in [2.05, 4.69) is 31.2 Å². The summed E-state index contributed by atoms with van der Waals surface area (Å²) in [5.41, 5.74) is 2.28. The van der Waals surface area contributed by atoms with E-state index in [0.29, 0.717) is 39.2 Å². The van der Waals surface area contributed by atoms with E-state index < -0.39 is 18.1 Å². The van der Waals surface area contributed by atoms with Crippen LogP contribution in [-0.4, -0.2) is 46.6 Å². The first-order chi connectivity index (χ1) is 18.5. The lowest BCUT2D eigenvalue weighted by Gasteiger charge is -2.30. The third kappa shape index (κ3) is 4.33. The molecular formula is C29H29BrF2N4O3. The van der Waals surface area contributed by atoms with Crippen molar-refractivity contribution in [2.45, 2.75) is 51.1 Å². The molecule has 1 aliphatic heterocycles. The average molecular weight is 599 g/mol. The van der Waals surface area contributed by atoms with Crippen molar-refractivity contribution in [2.24, 2.45) is 11.3 Å². The third-order valence-electron chi connectivity index (χ3n) is 8.33. The molecule has 7 nitrogen and oxygen atoms in total. The van der Waals surface area contributed by atoms with Gasteiger partial charge in [0.15, 0.2) is 0 Å². The molecule has 0 bridgehead atoms. The number of alkyl halides is 2. The normalized spacial score (nSPS) is 20.6. The number of nitrogens with zero attached hydrogens (tertiary/aromatic N) is 2. The molecule has 1 saturated heterocycles. The number of methoxy groups -OCH3 is 1. The number of rotatable bonds is 5. The lowest BCUT2D eigenvalue weighted by Crippen LogP contribution is -2.51. The monoisotopic (exact) mass is 598 g/mol. The summed E-state index contributed by atoms with van der Waals surface area (Å²) in [7, 11) is 1.27. The lowest BCUT2D eigenvalue weighted by molar-refractivity contribution is -0.135. The van der Waals surface area contributed by atoms with Crippen molar-refractivity contribution in [1.82, 2.24) is 20.2 Å². The van der Waals surface area contributed by atoms with Crippen LogP contribution in [0.4, 0.5) is 13.6 Å².